The fourth-order valence-corrected chi connectivity index (χ4v) is 1.96. The Kier molecular flexibility index (Phi) is 3.74. The van der Waals surface area contributed by atoms with Gasteiger partial charge in [0, 0.05) is 17.5 Å². The Morgan fingerprint density at radius 1 is 1.14 bits per heavy atom. The predicted octanol–water partition coefficient (Wildman–Crippen LogP) is 2.16. The summed E-state index contributed by atoms with van der Waals surface area (Å²) in [7, 11) is 0. The van der Waals surface area contributed by atoms with E-state index in [1.165, 1.54) is 6.20 Å². The van der Waals surface area contributed by atoms with Crippen molar-refractivity contribution < 1.29 is 23.8 Å². The van der Waals surface area contributed by atoms with E-state index in [0.29, 0.717) is 22.6 Å². The van der Waals surface area contributed by atoms with E-state index in [9.17, 15) is 9.59 Å². The number of hydrogen-bond acceptors (Lipinski definition) is 6. The van der Waals surface area contributed by atoms with E-state index in [4.69, 9.17) is 14.2 Å². The molecule has 0 saturated heterocycles. The van der Waals surface area contributed by atoms with Crippen LogP contribution in [0.4, 0.5) is 0 Å². The molecule has 0 radical (unpaired) electrons. The standard InChI is InChI=1S/C16H13NO5/c1-10-2-3-12(7-17-10)16(19)20-8-13(18)11-4-5-14-15(6-11)22-9-21-14/h2-7H,8-9H2,1H3. The number of esters is 1. The largest absolute Gasteiger partial charge is 0.454 e. The Hall–Kier alpha value is -2.89. The molecule has 0 saturated carbocycles. The third-order valence-corrected chi connectivity index (χ3v) is 3.18. The average Bonchev–Trinajstić information content (AvgIpc) is 3.00. The summed E-state index contributed by atoms with van der Waals surface area (Å²) >= 11 is 0. The maximum atomic E-state index is 12.0. The Balaban J connectivity index is 1.62. The minimum absolute atomic E-state index is 0.141. The van der Waals surface area contributed by atoms with Crippen LogP contribution in [0.1, 0.15) is 26.4 Å². The number of Topliss-reactive ketones (excluding diaryl/α,β-unsaturated/α-hetero) is 1. The molecule has 112 valence electrons. The highest BCUT2D eigenvalue weighted by molar-refractivity contribution is 5.99. The van der Waals surface area contributed by atoms with Gasteiger partial charge in [-0.05, 0) is 37.3 Å². The molecule has 1 aliphatic rings. The lowest BCUT2D eigenvalue weighted by Gasteiger charge is -2.05. The maximum Gasteiger partial charge on any atom is 0.340 e. The number of rotatable bonds is 4. The monoisotopic (exact) mass is 299 g/mol. The van der Waals surface area contributed by atoms with Crippen molar-refractivity contribution in [1.82, 2.24) is 4.98 Å². The van der Waals surface area contributed by atoms with E-state index < -0.39 is 5.97 Å². The number of carbonyl (C=O) groups is 2. The van der Waals surface area contributed by atoms with Crippen LogP contribution in [0.5, 0.6) is 11.5 Å². The van der Waals surface area contributed by atoms with Gasteiger partial charge in [-0.3, -0.25) is 9.78 Å². The lowest BCUT2D eigenvalue weighted by Crippen LogP contribution is -2.14. The number of pyridine rings is 1. The highest BCUT2D eigenvalue weighted by Crippen LogP contribution is 2.32. The van der Waals surface area contributed by atoms with Gasteiger partial charge in [0.1, 0.15) is 0 Å². The summed E-state index contributed by atoms with van der Waals surface area (Å²) in [5.41, 5.74) is 1.51. The first-order chi connectivity index (χ1) is 10.6. The van der Waals surface area contributed by atoms with Gasteiger partial charge in [0.2, 0.25) is 6.79 Å². The van der Waals surface area contributed by atoms with Crippen molar-refractivity contribution in [1.29, 1.82) is 0 Å². The van der Waals surface area contributed by atoms with Crippen molar-refractivity contribution in [3.8, 4) is 11.5 Å². The van der Waals surface area contributed by atoms with Gasteiger partial charge in [-0.2, -0.15) is 0 Å². The molecule has 3 rings (SSSR count). The van der Waals surface area contributed by atoms with Gasteiger partial charge >= 0.3 is 5.97 Å². The average molecular weight is 299 g/mol. The summed E-state index contributed by atoms with van der Waals surface area (Å²) in [6.45, 7) is 1.62. The van der Waals surface area contributed by atoms with Crippen LogP contribution in [-0.2, 0) is 4.74 Å². The number of ether oxygens (including phenoxy) is 3. The number of aryl methyl sites for hydroxylation is 1. The number of aromatic nitrogens is 1. The molecule has 2 aromatic rings. The lowest BCUT2D eigenvalue weighted by atomic mass is 10.1. The van der Waals surface area contributed by atoms with Crippen molar-refractivity contribution in [2.24, 2.45) is 0 Å². The summed E-state index contributed by atoms with van der Waals surface area (Å²) in [4.78, 5) is 27.9. The van der Waals surface area contributed by atoms with Gasteiger partial charge in [0.15, 0.2) is 23.9 Å². The summed E-state index contributed by atoms with van der Waals surface area (Å²) < 4.78 is 15.4. The second-order valence-corrected chi connectivity index (χ2v) is 4.76. The number of carbonyl (C=O) groups excluding carboxylic acids is 2. The quantitative estimate of drug-likeness (QED) is 0.636. The smallest absolute Gasteiger partial charge is 0.340 e. The van der Waals surface area contributed by atoms with E-state index in [2.05, 4.69) is 4.98 Å². The minimum atomic E-state index is -0.582. The molecule has 1 aromatic carbocycles. The second kappa shape index (κ2) is 5.85. The molecule has 0 aliphatic carbocycles. The van der Waals surface area contributed by atoms with Crippen LogP contribution in [0.2, 0.25) is 0 Å². The molecule has 0 unspecified atom stereocenters. The number of ketones is 1. The van der Waals surface area contributed by atoms with Crippen LogP contribution < -0.4 is 9.47 Å². The zero-order valence-electron chi connectivity index (χ0n) is 11.9. The van der Waals surface area contributed by atoms with Gasteiger partial charge in [-0.1, -0.05) is 0 Å². The highest BCUT2D eigenvalue weighted by Gasteiger charge is 2.17. The zero-order valence-corrected chi connectivity index (χ0v) is 11.9. The van der Waals surface area contributed by atoms with E-state index in [1.54, 1.807) is 30.3 Å². The fourth-order valence-electron chi connectivity index (χ4n) is 1.96. The van der Waals surface area contributed by atoms with Gasteiger partial charge in [-0.25, -0.2) is 4.79 Å². The normalized spacial score (nSPS) is 12.0. The van der Waals surface area contributed by atoms with Crippen molar-refractivity contribution in [3.63, 3.8) is 0 Å². The molecular weight excluding hydrogens is 286 g/mol. The molecule has 2 heterocycles. The lowest BCUT2D eigenvalue weighted by molar-refractivity contribution is 0.0474. The van der Waals surface area contributed by atoms with Crippen molar-refractivity contribution in [3.05, 3.63) is 53.3 Å². The van der Waals surface area contributed by atoms with E-state index in [0.717, 1.165) is 5.69 Å². The molecule has 0 N–H and O–H groups in total. The summed E-state index contributed by atoms with van der Waals surface area (Å²) in [6.07, 6.45) is 1.42. The Morgan fingerprint density at radius 2 is 1.91 bits per heavy atom. The van der Waals surface area contributed by atoms with E-state index >= 15 is 0 Å². The van der Waals surface area contributed by atoms with Crippen LogP contribution in [0, 0.1) is 6.92 Å². The molecule has 0 bridgehead atoms. The fraction of sp³-hybridized carbons (Fsp3) is 0.188. The molecule has 6 nitrogen and oxygen atoms in total. The van der Waals surface area contributed by atoms with Crippen LogP contribution in [0.15, 0.2) is 36.5 Å². The Labute approximate surface area is 126 Å². The summed E-state index contributed by atoms with van der Waals surface area (Å²) in [5, 5.41) is 0. The molecule has 0 fully saturated rings. The predicted molar refractivity (Wildman–Crippen MR) is 76.2 cm³/mol. The third-order valence-electron chi connectivity index (χ3n) is 3.18. The van der Waals surface area contributed by atoms with Gasteiger partial charge in [-0.15, -0.1) is 0 Å². The van der Waals surface area contributed by atoms with Crippen molar-refractivity contribution in [2.75, 3.05) is 13.4 Å². The molecule has 1 aromatic heterocycles. The summed E-state index contributed by atoms with van der Waals surface area (Å²) in [5.74, 6) is 0.215. The molecule has 0 spiro atoms. The second-order valence-electron chi connectivity index (χ2n) is 4.76. The molecule has 22 heavy (non-hydrogen) atoms. The first-order valence-electron chi connectivity index (χ1n) is 6.66. The third kappa shape index (κ3) is 2.90. The van der Waals surface area contributed by atoms with Gasteiger partial charge in [0.25, 0.3) is 0 Å². The van der Waals surface area contributed by atoms with E-state index in [-0.39, 0.29) is 19.2 Å². The first kappa shape index (κ1) is 14.1. The van der Waals surface area contributed by atoms with Crippen molar-refractivity contribution in [2.45, 2.75) is 6.92 Å². The van der Waals surface area contributed by atoms with Crippen LogP contribution in [0.3, 0.4) is 0 Å². The Bertz CT molecular complexity index is 724. The van der Waals surface area contributed by atoms with Crippen LogP contribution >= 0.6 is 0 Å². The molecule has 6 heteroatoms. The van der Waals surface area contributed by atoms with Crippen molar-refractivity contribution >= 4 is 11.8 Å². The number of nitrogens with zero attached hydrogens (tertiary/aromatic N) is 1. The SMILES string of the molecule is Cc1ccc(C(=O)OCC(=O)c2ccc3c(c2)OCO3)cn1. The first-order valence-corrected chi connectivity index (χ1v) is 6.66. The number of fused-ring (bicyclic) bond motifs is 1. The van der Waals surface area contributed by atoms with Crippen LogP contribution in [0.25, 0.3) is 0 Å². The topological polar surface area (TPSA) is 74.7 Å². The van der Waals surface area contributed by atoms with E-state index in [1.807, 2.05) is 6.92 Å². The zero-order chi connectivity index (χ0) is 15.5. The Morgan fingerprint density at radius 3 is 2.68 bits per heavy atom. The molecule has 1 aliphatic heterocycles. The highest BCUT2D eigenvalue weighted by atomic mass is 16.7. The number of hydrogen-bond donors (Lipinski definition) is 0. The minimum Gasteiger partial charge on any atom is -0.454 e. The molecular formula is C16H13NO5. The van der Waals surface area contributed by atoms with Crippen LogP contribution in [-0.4, -0.2) is 30.1 Å². The number of benzene rings is 1. The molecule has 0 amide bonds. The van der Waals surface area contributed by atoms with Gasteiger partial charge in [0.05, 0.1) is 5.56 Å². The van der Waals surface area contributed by atoms with Gasteiger partial charge < -0.3 is 14.2 Å². The summed E-state index contributed by atoms with van der Waals surface area (Å²) in [6, 6.07) is 8.15. The maximum absolute atomic E-state index is 12.0. The molecule has 0 atom stereocenters.